The SMILES string of the molecule is CC(C)(C)C1CCC(C(=O)OCc2nc(N)nc(N)n2)CC1. The Morgan fingerprint density at radius 1 is 1.09 bits per heavy atom. The van der Waals surface area contributed by atoms with Crippen molar-refractivity contribution in [2.75, 3.05) is 11.5 Å². The summed E-state index contributed by atoms with van der Waals surface area (Å²) >= 11 is 0. The minimum absolute atomic E-state index is 0.0189. The van der Waals surface area contributed by atoms with Crippen LogP contribution in [-0.4, -0.2) is 20.9 Å². The topological polar surface area (TPSA) is 117 Å². The van der Waals surface area contributed by atoms with Gasteiger partial charge in [-0.3, -0.25) is 4.79 Å². The maximum Gasteiger partial charge on any atom is 0.309 e. The second-order valence-electron chi connectivity index (χ2n) is 6.99. The Balaban J connectivity index is 1.83. The van der Waals surface area contributed by atoms with Gasteiger partial charge in [0.1, 0.15) is 0 Å². The highest BCUT2D eigenvalue weighted by Gasteiger charge is 2.33. The van der Waals surface area contributed by atoms with Crippen LogP contribution in [0, 0.1) is 17.3 Å². The summed E-state index contributed by atoms with van der Waals surface area (Å²) in [5, 5.41) is 0. The normalized spacial score (nSPS) is 22.3. The van der Waals surface area contributed by atoms with Crippen molar-refractivity contribution in [3.05, 3.63) is 5.82 Å². The van der Waals surface area contributed by atoms with Crippen LogP contribution in [0.15, 0.2) is 0 Å². The maximum atomic E-state index is 12.1. The van der Waals surface area contributed by atoms with Crippen LogP contribution in [0.1, 0.15) is 52.3 Å². The average molecular weight is 307 g/mol. The predicted molar refractivity (Wildman–Crippen MR) is 83.4 cm³/mol. The Hall–Kier alpha value is -1.92. The van der Waals surface area contributed by atoms with E-state index < -0.39 is 0 Å². The van der Waals surface area contributed by atoms with Gasteiger partial charge in [-0.1, -0.05) is 20.8 Å². The molecule has 0 spiro atoms. The lowest BCUT2D eigenvalue weighted by Gasteiger charge is -2.36. The van der Waals surface area contributed by atoms with E-state index in [9.17, 15) is 4.79 Å². The van der Waals surface area contributed by atoms with E-state index in [-0.39, 0.29) is 36.2 Å². The van der Waals surface area contributed by atoms with Crippen molar-refractivity contribution in [3.63, 3.8) is 0 Å². The molecule has 22 heavy (non-hydrogen) atoms. The molecule has 1 aromatic rings. The summed E-state index contributed by atoms with van der Waals surface area (Å²) in [6, 6.07) is 0. The minimum Gasteiger partial charge on any atom is -0.457 e. The van der Waals surface area contributed by atoms with Gasteiger partial charge in [0.05, 0.1) is 5.92 Å². The molecule has 0 aromatic carbocycles. The first-order chi connectivity index (χ1) is 10.3. The molecule has 0 aliphatic heterocycles. The predicted octanol–water partition coefficient (Wildman–Crippen LogP) is 1.93. The molecule has 0 amide bonds. The van der Waals surface area contributed by atoms with Crippen LogP contribution in [0.5, 0.6) is 0 Å². The molecule has 7 nitrogen and oxygen atoms in total. The van der Waals surface area contributed by atoms with Crippen LogP contribution in [-0.2, 0) is 16.1 Å². The minimum atomic E-state index is -0.190. The summed E-state index contributed by atoms with van der Waals surface area (Å²) in [4.78, 5) is 23.6. The Labute approximate surface area is 130 Å². The molecule has 7 heteroatoms. The van der Waals surface area contributed by atoms with E-state index in [0.29, 0.717) is 11.3 Å². The first-order valence-electron chi connectivity index (χ1n) is 7.68. The van der Waals surface area contributed by atoms with Crippen molar-refractivity contribution in [3.8, 4) is 0 Å². The van der Waals surface area contributed by atoms with Crippen LogP contribution < -0.4 is 11.5 Å². The molecule has 1 heterocycles. The molecular weight excluding hydrogens is 282 g/mol. The van der Waals surface area contributed by atoms with Crippen molar-refractivity contribution in [2.24, 2.45) is 17.3 Å². The third-order valence-corrected chi connectivity index (χ3v) is 4.35. The molecule has 0 saturated heterocycles. The van der Waals surface area contributed by atoms with Gasteiger partial charge in [-0.05, 0) is 37.0 Å². The third kappa shape index (κ3) is 4.29. The number of anilines is 2. The molecule has 0 bridgehead atoms. The van der Waals surface area contributed by atoms with E-state index in [1.165, 1.54) is 0 Å². The number of hydrogen-bond acceptors (Lipinski definition) is 7. The summed E-state index contributed by atoms with van der Waals surface area (Å²) < 4.78 is 5.30. The molecule has 0 radical (unpaired) electrons. The van der Waals surface area contributed by atoms with Crippen LogP contribution in [0.25, 0.3) is 0 Å². The van der Waals surface area contributed by atoms with E-state index in [2.05, 4.69) is 35.7 Å². The van der Waals surface area contributed by atoms with E-state index in [1.807, 2.05) is 0 Å². The highest BCUT2D eigenvalue weighted by atomic mass is 16.5. The molecule has 1 saturated carbocycles. The quantitative estimate of drug-likeness (QED) is 0.819. The first kappa shape index (κ1) is 16.5. The van der Waals surface area contributed by atoms with E-state index >= 15 is 0 Å². The van der Waals surface area contributed by atoms with Crippen LogP contribution in [0.2, 0.25) is 0 Å². The van der Waals surface area contributed by atoms with Gasteiger partial charge in [0.15, 0.2) is 12.4 Å². The van der Waals surface area contributed by atoms with Crippen molar-refractivity contribution in [1.82, 2.24) is 15.0 Å². The molecule has 4 N–H and O–H groups in total. The largest absolute Gasteiger partial charge is 0.457 e. The zero-order chi connectivity index (χ0) is 16.3. The van der Waals surface area contributed by atoms with Crippen molar-refractivity contribution >= 4 is 17.9 Å². The maximum absolute atomic E-state index is 12.1. The third-order valence-electron chi connectivity index (χ3n) is 4.35. The molecule has 1 aliphatic carbocycles. The number of nitrogens with zero attached hydrogens (tertiary/aromatic N) is 3. The number of hydrogen-bond donors (Lipinski definition) is 2. The Morgan fingerprint density at radius 3 is 2.14 bits per heavy atom. The lowest BCUT2D eigenvalue weighted by molar-refractivity contribution is -0.151. The highest BCUT2D eigenvalue weighted by Crippen LogP contribution is 2.40. The Morgan fingerprint density at radius 2 is 1.64 bits per heavy atom. The van der Waals surface area contributed by atoms with Gasteiger partial charge in [-0.15, -0.1) is 0 Å². The molecule has 1 aromatic heterocycles. The average Bonchev–Trinajstić information content (AvgIpc) is 2.43. The number of carbonyl (C=O) groups excluding carboxylic acids is 1. The lowest BCUT2D eigenvalue weighted by atomic mass is 9.70. The Kier molecular flexibility index (Phi) is 4.83. The molecule has 0 atom stereocenters. The van der Waals surface area contributed by atoms with Crippen LogP contribution in [0.3, 0.4) is 0 Å². The van der Waals surface area contributed by atoms with Crippen molar-refractivity contribution in [2.45, 2.75) is 53.1 Å². The fourth-order valence-electron chi connectivity index (χ4n) is 2.97. The number of esters is 1. The lowest BCUT2D eigenvalue weighted by Crippen LogP contribution is -2.29. The molecule has 122 valence electrons. The fraction of sp³-hybridized carbons (Fsp3) is 0.733. The van der Waals surface area contributed by atoms with Gasteiger partial charge in [-0.25, -0.2) is 0 Å². The number of nitrogen functional groups attached to an aromatic ring is 2. The van der Waals surface area contributed by atoms with Crippen LogP contribution in [0.4, 0.5) is 11.9 Å². The summed E-state index contributed by atoms with van der Waals surface area (Å²) in [5.74, 6) is 0.787. The van der Waals surface area contributed by atoms with Gasteiger partial charge >= 0.3 is 5.97 Å². The van der Waals surface area contributed by atoms with E-state index in [0.717, 1.165) is 25.7 Å². The Bertz CT molecular complexity index is 513. The van der Waals surface area contributed by atoms with E-state index in [4.69, 9.17) is 16.2 Å². The summed E-state index contributed by atoms with van der Waals surface area (Å²) in [6.45, 7) is 6.75. The number of rotatable bonds is 3. The number of carbonyl (C=O) groups is 1. The van der Waals surface area contributed by atoms with Crippen molar-refractivity contribution < 1.29 is 9.53 Å². The van der Waals surface area contributed by atoms with Gasteiger partial charge in [-0.2, -0.15) is 15.0 Å². The molecule has 2 rings (SSSR count). The summed E-state index contributed by atoms with van der Waals surface area (Å²) in [7, 11) is 0. The molecule has 0 unspecified atom stereocenters. The van der Waals surface area contributed by atoms with Gasteiger partial charge < -0.3 is 16.2 Å². The smallest absolute Gasteiger partial charge is 0.309 e. The highest BCUT2D eigenvalue weighted by molar-refractivity contribution is 5.72. The second-order valence-corrected chi connectivity index (χ2v) is 6.99. The monoisotopic (exact) mass is 307 g/mol. The first-order valence-corrected chi connectivity index (χ1v) is 7.68. The number of aromatic nitrogens is 3. The molecule has 1 aliphatic rings. The number of ether oxygens (including phenoxy) is 1. The zero-order valence-corrected chi connectivity index (χ0v) is 13.5. The summed E-state index contributed by atoms with van der Waals surface area (Å²) in [5.41, 5.74) is 11.3. The molecular formula is C15H25N5O2. The van der Waals surface area contributed by atoms with E-state index in [1.54, 1.807) is 0 Å². The van der Waals surface area contributed by atoms with Gasteiger partial charge in [0, 0.05) is 0 Å². The van der Waals surface area contributed by atoms with Crippen LogP contribution >= 0.6 is 0 Å². The zero-order valence-electron chi connectivity index (χ0n) is 13.5. The van der Waals surface area contributed by atoms with Crippen molar-refractivity contribution in [1.29, 1.82) is 0 Å². The standard InChI is InChI=1S/C15H25N5O2/c1-15(2,3)10-6-4-9(5-7-10)12(21)22-8-11-18-13(16)20-14(17)19-11/h9-10H,4-8H2,1-3H3,(H4,16,17,18,19,20). The van der Waals surface area contributed by atoms with Gasteiger partial charge in [0.2, 0.25) is 11.9 Å². The fourth-order valence-corrected chi connectivity index (χ4v) is 2.97. The molecule has 1 fully saturated rings. The van der Waals surface area contributed by atoms with Gasteiger partial charge in [0.25, 0.3) is 0 Å². The second kappa shape index (κ2) is 6.46. The number of nitrogens with two attached hydrogens (primary N) is 2. The summed E-state index contributed by atoms with van der Waals surface area (Å²) in [6.07, 6.45) is 3.88.